The quantitative estimate of drug-likeness (QED) is 0.173. The highest BCUT2D eigenvalue weighted by atomic mass is 32.2. The number of amides is 1. The minimum absolute atomic E-state index is 0.0457. The van der Waals surface area contributed by atoms with E-state index in [4.69, 9.17) is 4.55 Å². The number of hydrogen-bond acceptors (Lipinski definition) is 7. The predicted octanol–water partition coefficient (Wildman–Crippen LogP) is 6.76. The average molecular weight is 606 g/mol. The van der Waals surface area contributed by atoms with Crippen LogP contribution >= 0.6 is 0 Å². The van der Waals surface area contributed by atoms with Crippen molar-refractivity contribution in [3.8, 4) is 6.07 Å². The second-order valence-corrected chi connectivity index (χ2v) is 11.9. The number of rotatable bonds is 7. The molecule has 1 aliphatic carbocycles. The molecule has 0 unspecified atom stereocenters. The van der Waals surface area contributed by atoms with Gasteiger partial charge in [0.25, 0.3) is 16.0 Å². The van der Waals surface area contributed by atoms with Crippen LogP contribution in [0.15, 0.2) is 114 Å². The number of anilines is 2. The number of hydrogen-bond donors (Lipinski definition) is 3. The summed E-state index contributed by atoms with van der Waals surface area (Å²) in [6, 6.07) is 29.3. The lowest BCUT2D eigenvalue weighted by atomic mass is 9.80. The maximum absolute atomic E-state index is 12.9. The molecule has 0 radical (unpaired) electrons. The molecule has 9 nitrogen and oxygen atoms in total. The second kappa shape index (κ2) is 13.5. The number of aromatic nitrogens is 2. The first-order valence-electron chi connectivity index (χ1n) is 14.2. The van der Waals surface area contributed by atoms with E-state index in [0.29, 0.717) is 29.0 Å². The molecule has 1 aliphatic rings. The first kappa shape index (κ1) is 30.4. The van der Waals surface area contributed by atoms with Gasteiger partial charge in [0.1, 0.15) is 10.7 Å². The molecule has 1 amide bonds. The topological polar surface area (TPSA) is 145 Å². The minimum Gasteiger partial charge on any atom is -0.365 e. The Kier molecular flexibility index (Phi) is 9.29. The summed E-state index contributed by atoms with van der Waals surface area (Å²) in [6.45, 7) is 0.546. The van der Waals surface area contributed by atoms with E-state index in [9.17, 15) is 18.5 Å². The molecular weight excluding hydrogens is 574 g/mol. The summed E-state index contributed by atoms with van der Waals surface area (Å²) in [5, 5.41) is 17.1. The maximum atomic E-state index is 12.9. The Bertz CT molecular complexity index is 1900. The van der Waals surface area contributed by atoms with Gasteiger partial charge in [-0.25, -0.2) is 4.98 Å². The van der Waals surface area contributed by atoms with Gasteiger partial charge in [0, 0.05) is 36.2 Å². The van der Waals surface area contributed by atoms with Crippen molar-refractivity contribution in [2.75, 3.05) is 10.6 Å². The van der Waals surface area contributed by atoms with Crippen LogP contribution in [0.5, 0.6) is 0 Å². The minimum atomic E-state index is -4.13. The molecular formula is C34H31N5O4S. The van der Waals surface area contributed by atoms with E-state index in [1.54, 1.807) is 61.1 Å². The van der Waals surface area contributed by atoms with Crippen LogP contribution in [-0.2, 0) is 22.1 Å². The molecule has 2 heterocycles. The van der Waals surface area contributed by atoms with Gasteiger partial charge in [0.05, 0.1) is 17.0 Å². The third kappa shape index (κ3) is 7.09. The van der Waals surface area contributed by atoms with Gasteiger partial charge in [-0.1, -0.05) is 61.4 Å². The molecule has 10 heteroatoms. The third-order valence-corrected chi connectivity index (χ3v) is 8.57. The van der Waals surface area contributed by atoms with Crippen molar-refractivity contribution in [2.45, 2.75) is 42.5 Å². The molecule has 1 saturated carbocycles. The molecule has 2 aromatic heterocycles. The summed E-state index contributed by atoms with van der Waals surface area (Å²) in [7, 11) is -4.13. The SMILES string of the molecule is N#CC1(c2ccc(NC(=O)c3cccnc3NCc3ccncc3)cc2)CCCC1.O=S(=O)(O)c1cccc2ccccc12. The van der Waals surface area contributed by atoms with Gasteiger partial charge in [-0.3, -0.25) is 14.3 Å². The molecule has 3 N–H and O–H groups in total. The largest absolute Gasteiger partial charge is 0.365 e. The van der Waals surface area contributed by atoms with Gasteiger partial charge >= 0.3 is 0 Å². The zero-order valence-corrected chi connectivity index (χ0v) is 24.7. The Morgan fingerprint density at radius 2 is 1.59 bits per heavy atom. The van der Waals surface area contributed by atoms with E-state index >= 15 is 0 Å². The Labute approximate surface area is 256 Å². The second-order valence-electron chi connectivity index (χ2n) is 10.5. The number of pyridine rings is 2. The Morgan fingerprint density at radius 3 is 2.30 bits per heavy atom. The normalized spacial score (nSPS) is 13.7. The van der Waals surface area contributed by atoms with Crippen LogP contribution in [0.4, 0.5) is 11.5 Å². The van der Waals surface area contributed by atoms with Crippen molar-refractivity contribution in [3.05, 3.63) is 126 Å². The molecule has 3 aromatic carbocycles. The Morgan fingerprint density at radius 1 is 0.886 bits per heavy atom. The number of fused-ring (bicyclic) bond motifs is 1. The van der Waals surface area contributed by atoms with E-state index in [0.717, 1.165) is 42.2 Å². The van der Waals surface area contributed by atoms with Crippen LogP contribution in [0.3, 0.4) is 0 Å². The standard InChI is InChI=1S/C24H23N5O.C10H8O3S/c25-17-24(11-1-2-12-24)19-5-7-20(8-6-19)29-23(30)21-4-3-13-27-22(21)28-16-18-9-14-26-15-10-18;11-14(12,13)10-7-3-5-8-4-1-2-6-9(8)10/h3-10,13-15H,1-2,11-12,16H2,(H,27,28)(H,29,30);1-7H,(H,11,12,13). The first-order valence-corrected chi connectivity index (χ1v) is 15.6. The first-order chi connectivity index (χ1) is 21.3. The van der Waals surface area contributed by atoms with Crippen molar-refractivity contribution >= 4 is 38.3 Å². The summed E-state index contributed by atoms with van der Waals surface area (Å²) >= 11 is 0. The van der Waals surface area contributed by atoms with Crippen LogP contribution in [0, 0.1) is 11.3 Å². The van der Waals surface area contributed by atoms with Crippen LogP contribution < -0.4 is 10.6 Å². The highest BCUT2D eigenvalue weighted by molar-refractivity contribution is 7.86. The predicted molar refractivity (Wildman–Crippen MR) is 170 cm³/mol. The fraction of sp³-hybridized carbons (Fsp3) is 0.176. The summed E-state index contributed by atoms with van der Waals surface area (Å²) in [4.78, 5) is 21.1. The highest BCUT2D eigenvalue weighted by Crippen LogP contribution is 2.40. The number of nitrogens with zero attached hydrogens (tertiary/aromatic N) is 3. The molecule has 5 aromatic rings. The average Bonchev–Trinajstić information content (AvgIpc) is 3.55. The molecule has 0 aliphatic heterocycles. The molecule has 0 atom stereocenters. The lowest BCUT2D eigenvalue weighted by Gasteiger charge is -2.21. The number of nitriles is 1. The zero-order chi connectivity index (χ0) is 31.0. The van der Waals surface area contributed by atoms with E-state index in [1.165, 1.54) is 6.07 Å². The van der Waals surface area contributed by atoms with E-state index in [2.05, 4.69) is 26.7 Å². The zero-order valence-electron chi connectivity index (χ0n) is 23.8. The molecule has 222 valence electrons. The molecule has 6 rings (SSSR count). The molecule has 44 heavy (non-hydrogen) atoms. The Balaban J connectivity index is 0.000000229. The van der Waals surface area contributed by atoms with Crippen LogP contribution in [-0.4, -0.2) is 28.8 Å². The van der Waals surface area contributed by atoms with Gasteiger partial charge in [-0.15, -0.1) is 0 Å². The van der Waals surface area contributed by atoms with E-state index < -0.39 is 10.1 Å². The van der Waals surface area contributed by atoms with Gasteiger partial charge in [-0.05, 0) is 71.8 Å². The van der Waals surface area contributed by atoms with Crippen molar-refractivity contribution in [1.29, 1.82) is 5.26 Å². The van der Waals surface area contributed by atoms with Crippen molar-refractivity contribution in [2.24, 2.45) is 0 Å². The monoisotopic (exact) mass is 605 g/mol. The van der Waals surface area contributed by atoms with Crippen LogP contribution in [0.25, 0.3) is 10.8 Å². The fourth-order valence-electron chi connectivity index (χ4n) is 5.35. The van der Waals surface area contributed by atoms with Gasteiger partial charge < -0.3 is 10.6 Å². The van der Waals surface area contributed by atoms with Crippen molar-refractivity contribution in [1.82, 2.24) is 9.97 Å². The molecule has 1 fully saturated rings. The number of carbonyl (C=O) groups is 1. The maximum Gasteiger partial charge on any atom is 0.295 e. The lowest BCUT2D eigenvalue weighted by molar-refractivity contribution is 0.102. The van der Waals surface area contributed by atoms with Crippen LogP contribution in [0.2, 0.25) is 0 Å². The summed E-state index contributed by atoms with van der Waals surface area (Å²) < 4.78 is 31.0. The summed E-state index contributed by atoms with van der Waals surface area (Å²) in [6.07, 6.45) is 9.09. The number of carbonyl (C=O) groups excluding carboxylic acids is 1. The smallest absolute Gasteiger partial charge is 0.295 e. The number of nitrogens with one attached hydrogen (secondary N) is 2. The van der Waals surface area contributed by atoms with E-state index in [1.807, 2.05) is 42.5 Å². The van der Waals surface area contributed by atoms with Gasteiger partial charge in [0.15, 0.2) is 0 Å². The third-order valence-electron chi connectivity index (χ3n) is 7.66. The highest BCUT2D eigenvalue weighted by Gasteiger charge is 2.35. The van der Waals surface area contributed by atoms with Crippen molar-refractivity contribution < 1.29 is 17.8 Å². The molecule has 0 saturated heterocycles. The summed E-state index contributed by atoms with van der Waals surface area (Å²) in [5.74, 6) is 0.293. The number of benzene rings is 3. The fourth-order valence-corrected chi connectivity index (χ4v) is 6.07. The van der Waals surface area contributed by atoms with E-state index in [-0.39, 0.29) is 16.2 Å². The van der Waals surface area contributed by atoms with Gasteiger partial charge in [-0.2, -0.15) is 13.7 Å². The van der Waals surface area contributed by atoms with Gasteiger partial charge in [0.2, 0.25) is 0 Å². The molecule has 0 bridgehead atoms. The van der Waals surface area contributed by atoms with Crippen LogP contribution in [0.1, 0.15) is 47.2 Å². The lowest BCUT2D eigenvalue weighted by Crippen LogP contribution is -2.19. The Hall–Kier alpha value is -5.11. The summed E-state index contributed by atoms with van der Waals surface area (Å²) in [5.41, 5.74) is 2.87. The van der Waals surface area contributed by atoms with Crippen molar-refractivity contribution in [3.63, 3.8) is 0 Å². The molecule has 0 spiro atoms.